The van der Waals surface area contributed by atoms with Gasteiger partial charge in [0.15, 0.2) is 16.8 Å². The first-order valence-corrected chi connectivity index (χ1v) is 12.6. The second-order valence-corrected chi connectivity index (χ2v) is 9.83. The van der Waals surface area contributed by atoms with E-state index < -0.39 is 35.1 Å². The number of nitrogens with zero attached hydrogens (tertiary/aromatic N) is 2. The molecule has 0 spiro atoms. The summed E-state index contributed by atoms with van der Waals surface area (Å²) in [5.74, 6) is -3.85. The molecule has 194 valence electrons. The number of phenols is 1. The largest absolute Gasteiger partial charge is 0.508 e. The molecule has 1 amide bonds. The smallest absolute Gasteiger partial charge is 0.301 e. The van der Waals surface area contributed by atoms with E-state index >= 15 is 0 Å². The molecule has 4 aromatic rings. The zero-order chi connectivity index (χ0) is 27.1. The molecule has 1 aliphatic heterocycles. The highest BCUT2D eigenvalue weighted by atomic mass is 32.1. The van der Waals surface area contributed by atoms with Crippen molar-refractivity contribution < 1.29 is 33.3 Å². The number of ether oxygens (including phenoxy) is 1. The van der Waals surface area contributed by atoms with Gasteiger partial charge in [0.2, 0.25) is 0 Å². The van der Waals surface area contributed by atoms with Crippen LogP contribution in [0.3, 0.4) is 0 Å². The number of carbonyl (C=O) groups is 2. The highest BCUT2D eigenvalue weighted by molar-refractivity contribution is 7.22. The van der Waals surface area contributed by atoms with Gasteiger partial charge in [0.25, 0.3) is 5.78 Å². The fourth-order valence-corrected chi connectivity index (χ4v) is 5.34. The van der Waals surface area contributed by atoms with Crippen LogP contribution in [0.1, 0.15) is 36.1 Å². The van der Waals surface area contributed by atoms with Crippen LogP contribution in [0.25, 0.3) is 16.0 Å². The molecule has 10 heteroatoms. The maximum Gasteiger partial charge on any atom is 0.301 e. The van der Waals surface area contributed by atoms with Crippen molar-refractivity contribution in [1.82, 2.24) is 4.98 Å². The molecule has 0 bridgehead atoms. The van der Waals surface area contributed by atoms with E-state index in [0.717, 1.165) is 40.4 Å². The van der Waals surface area contributed by atoms with Crippen LogP contribution >= 0.6 is 11.3 Å². The molecule has 0 aliphatic carbocycles. The third kappa shape index (κ3) is 4.37. The minimum absolute atomic E-state index is 0.0312. The molecule has 38 heavy (non-hydrogen) atoms. The summed E-state index contributed by atoms with van der Waals surface area (Å²) in [5, 5.41) is 21.2. The van der Waals surface area contributed by atoms with Gasteiger partial charge in [-0.2, -0.15) is 0 Å². The van der Waals surface area contributed by atoms with Gasteiger partial charge < -0.3 is 14.9 Å². The fraction of sp³-hybridized carbons (Fsp3) is 0.179. The number of aliphatic hydroxyl groups excluding tert-OH is 1. The number of halogens is 2. The van der Waals surface area contributed by atoms with Crippen LogP contribution in [0.15, 0.2) is 60.2 Å². The number of aryl methyl sites for hydroxylation is 1. The summed E-state index contributed by atoms with van der Waals surface area (Å²) in [4.78, 5) is 32.1. The number of hydrogen-bond acceptors (Lipinski definition) is 7. The van der Waals surface area contributed by atoms with Crippen LogP contribution in [0.5, 0.6) is 11.5 Å². The number of phenolic OH excluding ortho intramolecular Hbond substituents is 1. The van der Waals surface area contributed by atoms with Gasteiger partial charge >= 0.3 is 5.91 Å². The molecule has 1 unspecified atom stereocenters. The first-order valence-electron chi connectivity index (χ1n) is 11.8. The Bertz CT molecular complexity index is 1570. The molecule has 5 rings (SSSR count). The van der Waals surface area contributed by atoms with Gasteiger partial charge in [0.1, 0.15) is 17.3 Å². The molecule has 1 aliphatic rings. The number of aromatic nitrogens is 1. The first-order chi connectivity index (χ1) is 18.2. The van der Waals surface area contributed by atoms with Gasteiger partial charge in [0, 0.05) is 11.6 Å². The highest BCUT2D eigenvalue weighted by Gasteiger charge is 2.48. The van der Waals surface area contributed by atoms with Gasteiger partial charge in [-0.1, -0.05) is 30.4 Å². The maximum atomic E-state index is 13.8. The van der Waals surface area contributed by atoms with Gasteiger partial charge in [0.05, 0.1) is 28.4 Å². The van der Waals surface area contributed by atoms with Crippen LogP contribution in [0.2, 0.25) is 0 Å². The van der Waals surface area contributed by atoms with Crippen molar-refractivity contribution in [1.29, 1.82) is 0 Å². The molecule has 1 aromatic heterocycles. The maximum absolute atomic E-state index is 13.8. The van der Waals surface area contributed by atoms with E-state index in [1.165, 1.54) is 24.3 Å². The van der Waals surface area contributed by atoms with Gasteiger partial charge in [-0.15, -0.1) is 0 Å². The van der Waals surface area contributed by atoms with Crippen LogP contribution in [0.4, 0.5) is 13.9 Å². The summed E-state index contributed by atoms with van der Waals surface area (Å²) in [6.07, 6.45) is 0.822. The fourth-order valence-electron chi connectivity index (χ4n) is 4.34. The zero-order valence-electron chi connectivity index (χ0n) is 20.4. The molecule has 7 nitrogen and oxygen atoms in total. The van der Waals surface area contributed by atoms with Gasteiger partial charge in [-0.05, 0) is 60.9 Å². The minimum Gasteiger partial charge on any atom is -0.508 e. The van der Waals surface area contributed by atoms with Crippen molar-refractivity contribution in [2.24, 2.45) is 0 Å². The molecule has 1 saturated heterocycles. The number of amides is 1. The number of carbonyl (C=O) groups excluding carboxylic acids is 2. The second kappa shape index (κ2) is 9.86. The molecule has 2 heterocycles. The lowest BCUT2D eigenvalue weighted by atomic mass is 9.95. The summed E-state index contributed by atoms with van der Waals surface area (Å²) in [6.45, 7) is 4.31. The molecule has 2 N–H and O–H groups in total. The Morgan fingerprint density at radius 1 is 1.08 bits per heavy atom. The summed E-state index contributed by atoms with van der Waals surface area (Å²) >= 11 is 0.911. The molecular formula is C28H22F2N2O5S. The third-order valence-electron chi connectivity index (χ3n) is 6.19. The SMILES string of the molecule is CCCOc1ccc(/C(O)=C2\C(=O)C(=O)N(c3nc4cc(F)c(F)cc4s3)C2c2ccc(O)cc2)cc1C. The van der Waals surface area contributed by atoms with Crippen LogP contribution in [-0.2, 0) is 9.59 Å². The van der Waals surface area contributed by atoms with Gasteiger partial charge in [-0.3, -0.25) is 14.5 Å². The Morgan fingerprint density at radius 3 is 2.47 bits per heavy atom. The number of anilines is 1. The number of ketones is 1. The standard InChI is InChI=1S/C28H22F2N2O5S/c1-3-10-37-21-9-6-16(11-14(21)2)25(34)23-24(15-4-7-17(33)8-5-15)32(27(36)26(23)35)28-31-20-12-18(29)19(30)13-22(20)38-28/h4-9,11-13,24,33-34H,3,10H2,1-2H3/b25-23+. The average Bonchev–Trinajstić information content (AvgIpc) is 3.41. The Kier molecular flexibility index (Phi) is 6.58. The number of rotatable bonds is 6. The summed E-state index contributed by atoms with van der Waals surface area (Å²) < 4.78 is 33.6. The van der Waals surface area contributed by atoms with Crippen LogP contribution in [-0.4, -0.2) is 33.5 Å². The minimum atomic E-state index is -1.11. The topological polar surface area (TPSA) is 100.0 Å². The quantitative estimate of drug-likeness (QED) is 0.178. The number of fused-ring (bicyclic) bond motifs is 1. The summed E-state index contributed by atoms with van der Waals surface area (Å²) in [7, 11) is 0. The van der Waals surface area contributed by atoms with Crippen molar-refractivity contribution in [3.05, 3.63) is 88.5 Å². The van der Waals surface area contributed by atoms with Crippen molar-refractivity contribution >= 4 is 44.1 Å². The monoisotopic (exact) mass is 536 g/mol. The number of thiazole rings is 1. The molecular weight excluding hydrogens is 514 g/mol. The van der Waals surface area contributed by atoms with Gasteiger partial charge in [-0.25, -0.2) is 13.8 Å². The lowest BCUT2D eigenvalue weighted by Crippen LogP contribution is -2.29. The predicted octanol–water partition coefficient (Wildman–Crippen LogP) is 6.00. The van der Waals surface area contributed by atoms with E-state index in [1.54, 1.807) is 25.1 Å². The number of aromatic hydroxyl groups is 1. The number of aliphatic hydroxyl groups is 1. The number of benzene rings is 3. The second-order valence-electron chi connectivity index (χ2n) is 8.82. The molecule has 3 aromatic carbocycles. The highest BCUT2D eigenvalue weighted by Crippen LogP contribution is 2.45. The lowest BCUT2D eigenvalue weighted by Gasteiger charge is -2.23. The Hall–Kier alpha value is -4.31. The van der Waals surface area contributed by atoms with E-state index in [1.807, 2.05) is 6.92 Å². The Balaban J connectivity index is 1.67. The molecule has 1 fully saturated rings. The van der Waals surface area contributed by atoms with Crippen molar-refractivity contribution in [3.8, 4) is 11.5 Å². The normalized spacial score (nSPS) is 16.9. The van der Waals surface area contributed by atoms with E-state index in [0.29, 0.717) is 23.5 Å². The molecule has 0 radical (unpaired) electrons. The van der Waals surface area contributed by atoms with E-state index in [9.17, 15) is 28.6 Å². The van der Waals surface area contributed by atoms with E-state index in [-0.39, 0.29) is 26.7 Å². The van der Waals surface area contributed by atoms with E-state index in [2.05, 4.69) is 4.98 Å². The molecule has 1 atom stereocenters. The van der Waals surface area contributed by atoms with Crippen molar-refractivity contribution in [2.45, 2.75) is 26.3 Å². The van der Waals surface area contributed by atoms with Crippen LogP contribution < -0.4 is 9.64 Å². The zero-order valence-corrected chi connectivity index (χ0v) is 21.2. The Morgan fingerprint density at radius 2 is 1.79 bits per heavy atom. The first kappa shape index (κ1) is 25.3. The van der Waals surface area contributed by atoms with Crippen molar-refractivity contribution in [2.75, 3.05) is 11.5 Å². The average molecular weight is 537 g/mol. The summed E-state index contributed by atoms with van der Waals surface area (Å²) in [6, 6.07) is 11.5. The van der Waals surface area contributed by atoms with Crippen LogP contribution in [0, 0.1) is 18.6 Å². The third-order valence-corrected chi connectivity index (χ3v) is 7.21. The van der Waals surface area contributed by atoms with Crippen molar-refractivity contribution in [3.63, 3.8) is 0 Å². The molecule has 0 saturated carbocycles. The number of Topliss-reactive ketones (excluding diaryl/α,β-unsaturated/α-hetero) is 1. The number of hydrogen-bond donors (Lipinski definition) is 2. The Labute approximate surface area is 220 Å². The lowest BCUT2D eigenvalue weighted by molar-refractivity contribution is -0.132. The predicted molar refractivity (Wildman–Crippen MR) is 139 cm³/mol. The van der Waals surface area contributed by atoms with E-state index in [4.69, 9.17) is 4.74 Å². The summed E-state index contributed by atoms with van der Waals surface area (Å²) in [5.41, 5.74) is 1.39.